The Hall–Kier alpha value is -2.41. The standard InChI is InChI=1S/C14H12BrN3O3/c1-9-2-7-12(21-9)8-16-18-14(20)13(19)17-11-5-3-10(15)4-6-11/h2-8H,1H3,(H,17,19)(H,18,20)/b16-8+. The van der Waals surface area contributed by atoms with Gasteiger partial charge in [-0.25, -0.2) is 5.43 Å². The molecule has 0 saturated carbocycles. The highest BCUT2D eigenvalue weighted by Gasteiger charge is 2.12. The first-order chi connectivity index (χ1) is 10.0. The monoisotopic (exact) mass is 349 g/mol. The number of benzene rings is 1. The molecule has 0 radical (unpaired) electrons. The number of nitrogens with one attached hydrogen (secondary N) is 2. The van der Waals surface area contributed by atoms with Crippen molar-refractivity contribution >= 4 is 39.6 Å². The Labute approximate surface area is 129 Å². The fourth-order valence-corrected chi connectivity index (χ4v) is 1.71. The number of aryl methyl sites for hydroxylation is 1. The Kier molecular flexibility index (Phi) is 4.89. The summed E-state index contributed by atoms with van der Waals surface area (Å²) in [6.45, 7) is 1.79. The van der Waals surface area contributed by atoms with Crippen molar-refractivity contribution in [3.63, 3.8) is 0 Å². The van der Waals surface area contributed by atoms with Gasteiger partial charge in [0.25, 0.3) is 0 Å². The summed E-state index contributed by atoms with van der Waals surface area (Å²) in [6.07, 6.45) is 1.32. The van der Waals surface area contributed by atoms with E-state index in [2.05, 4.69) is 31.8 Å². The number of halogens is 1. The predicted octanol–water partition coefficient (Wildman–Crippen LogP) is 2.44. The molecule has 0 aliphatic carbocycles. The molecule has 6 nitrogen and oxygen atoms in total. The Bertz CT molecular complexity index is 677. The van der Waals surface area contributed by atoms with Gasteiger partial charge in [-0.1, -0.05) is 15.9 Å². The predicted molar refractivity (Wildman–Crippen MR) is 82.0 cm³/mol. The first-order valence-corrected chi connectivity index (χ1v) is 6.80. The minimum Gasteiger partial charge on any atom is -0.460 e. The number of carbonyl (C=O) groups excluding carboxylic acids is 2. The molecule has 0 aliphatic heterocycles. The van der Waals surface area contributed by atoms with Gasteiger partial charge in [0.05, 0.1) is 6.21 Å². The van der Waals surface area contributed by atoms with E-state index in [0.717, 1.165) is 10.2 Å². The quantitative estimate of drug-likeness (QED) is 0.507. The first-order valence-electron chi connectivity index (χ1n) is 6.01. The van der Waals surface area contributed by atoms with Crippen LogP contribution in [0.1, 0.15) is 11.5 Å². The van der Waals surface area contributed by atoms with Crippen LogP contribution < -0.4 is 10.7 Å². The lowest BCUT2D eigenvalue weighted by Gasteiger charge is -2.03. The van der Waals surface area contributed by atoms with E-state index < -0.39 is 11.8 Å². The summed E-state index contributed by atoms with van der Waals surface area (Å²) in [7, 11) is 0. The number of carbonyl (C=O) groups is 2. The van der Waals surface area contributed by atoms with Crippen LogP contribution in [0, 0.1) is 6.92 Å². The maximum absolute atomic E-state index is 11.6. The van der Waals surface area contributed by atoms with Crippen molar-refractivity contribution in [2.75, 3.05) is 5.32 Å². The van der Waals surface area contributed by atoms with Crippen LogP contribution in [0.3, 0.4) is 0 Å². The molecule has 21 heavy (non-hydrogen) atoms. The van der Waals surface area contributed by atoms with Gasteiger partial charge in [0.1, 0.15) is 11.5 Å². The van der Waals surface area contributed by atoms with Gasteiger partial charge in [0.15, 0.2) is 0 Å². The van der Waals surface area contributed by atoms with E-state index in [1.165, 1.54) is 6.21 Å². The number of rotatable bonds is 3. The van der Waals surface area contributed by atoms with Crippen LogP contribution in [0.2, 0.25) is 0 Å². The molecule has 2 amide bonds. The Morgan fingerprint density at radius 3 is 2.48 bits per heavy atom. The zero-order chi connectivity index (χ0) is 15.2. The van der Waals surface area contributed by atoms with Crippen LogP contribution in [0.15, 0.2) is 50.4 Å². The third-order valence-corrected chi connectivity index (χ3v) is 2.96. The number of anilines is 1. The highest BCUT2D eigenvalue weighted by Crippen LogP contribution is 2.13. The van der Waals surface area contributed by atoms with Gasteiger partial charge in [0, 0.05) is 10.2 Å². The van der Waals surface area contributed by atoms with Gasteiger partial charge < -0.3 is 9.73 Å². The van der Waals surface area contributed by atoms with E-state index in [4.69, 9.17) is 4.42 Å². The molecule has 2 rings (SSSR count). The summed E-state index contributed by atoms with van der Waals surface area (Å²) in [4.78, 5) is 23.1. The Balaban J connectivity index is 1.86. The van der Waals surface area contributed by atoms with Crippen LogP contribution in [0.4, 0.5) is 5.69 Å². The topological polar surface area (TPSA) is 83.7 Å². The lowest BCUT2D eigenvalue weighted by atomic mass is 10.3. The first kappa shape index (κ1) is 15.0. The molecular weight excluding hydrogens is 338 g/mol. The summed E-state index contributed by atoms with van der Waals surface area (Å²) < 4.78 is 6.11. The lowest BCUT2D eigenvalue weighted by Crippen LogP contribution is -2.32. The maximum Gasteiger partial charge on any atom is 0.329 e. The van der Waals surface area contributed by atoms with E-state index >= 15 is 0 Å². The number of hydrazone groups is 1. The molecule has 0 fully saturated rings. The fourth-order valence-electron chi connectivity index (χ4n) is 1.45. The summed E-state index contributed by atoms with van der Waals surface area (Å²) in [5.74, 6) is -0.445. The molecule has 0 bridgehead atoms. The van der Waals surface area contributed by atoms with E-state index in [1.54, 1.807) is 43.3 Å². The molecule has 0 saturated heterocycles. The van der Waals surface area contributed by atoms with E-state index in [0.29, 0.717) is 11.4 Å². The molecule has 0 spiro atoms. The van der Waals surface area contributed by atoms with Gasteiger partial charge in [-0.3, -0.25) is 9.59 Å². The van der Waals surface area contributed by atoms with E-state index in [-0.39, 0.29) is 0 Å². The zero-order valence-corrected chi connectivity index (χ0v) is 12.7. The summed E-state index contributed by atoms with van der Waals surface area (Å²) in [6, 6.07) is 10.3. The van der Waals surface area contributed by atoms with Crippen LogP contribution in [-0.4, -0.2) is 18.0 Å². The summed E-state index contributed by atoms with van der Waals surface area (Å²) in [5.41, 5.74) is 2.64. The van der Waals surface area contributed by atoms with Gasteiger partial charge in [0.2, 0.25) is 0 Å². The highest BCUT2D eigenvalue weighted by atomic mass is 79.9. The third-order valence-electron chi connectivity index (χ3n) is 2.43. The van der Waals surface area contributed by atoms with Crippen molar-refractivity contribution in [1.82, 2.24) is 5.43 Å². The van der Waals surface area contributed by atoms with Gasteiger partial charge >= 0.3 is 11.8 Å². The van der Waals surface area contributed by atoms with Crippen LogP contribution >= 0.6 is 15.9 Å². The van der Waals surface area contributed by atoms with Crippen molar-refractivity contribution in [3.05, 3.63) is 52.4 Å². The molecule has 1 heterocycles. The van der Waals surface area contributed by atoms with E-state index in [9.17, 15) is 9.59 Å². The smallest absolute Gasteiger partial charge is 0.329 e. The molecule has 1 aromatic carbocycles. The molecule has 0 unspecified atom stereocenters. The summed E-state index contributed by atoms with van der Waals surface area (Å²) in [5, 5.41) is 6.10. The molecular formula is C14H12BrN3O3. The number of hydrogen-bond acceptors (Lipinski definition) is 4. The molecule has 2 aromatic rings. The minimum absolute atomic E-state index is 0.487. The van der Waals surface area contributed by atoms with Gasteiger partial charge in [-0.05, 0) is 43.3 Å². The van der Waals surface area contributed by atoms with E-state index in [1.807, 2.05) is 0 Å². The minimum atomic E-state index is -0.863. The third kappa shape index (κ3) is 4.57. The van der Waals surface area contributed by atoms with Gasteiger partial charge in [-0.2, -0.15) is 5.10 Å². The fraction of sp³-hybridized carbons (Fsp3) is 0.0714. The molecule has 0 aliphatic rings. The van der Waals surface area contributed by atoms with Crippen molar-refractivity contribution in [1.29, 1.82) is 0 Å². The average Bonchev–Trinajstić information content (AvgIpc) is 2.87. The summed E-state index contributed by atoms with van der Waals surface area (Å²) >= 11 is 3.28. The normalized spacial score (nSPS) is 10.6. The molecule has 2 N–H and O–H groups in total. The molecule has 1 aromatic heterocycles. The lowest BCUT2D eigenvalue weighted by molar-refractivity contribution is -0.136. The van der Waals surface area contributed by atoms with Crippen molar-refractivity contribution in [2.45, 2.75) is 6.92 Å². The highest BCUT2D eigenvalue weighted by molar-refractivity contribution is 9.10. The number of amides is 2. The maximum atomic E-state index is 11.6. The number of furan rings is 1. The van der Waals surface area contributed by atoms with Crippen LogP contribution in [-0.2, 0) is 9.59 Å². The molecule has 108 valence electrons. The van der Waals surface area contributed by atoms with Crippen LogP contribution in [0.5, 0.6) is 0 Å². The van der Waals surface area contributed by atoms with Crippen molar-refractivity contribution in [2.24, 2.45) is 5.10 Å². The second-order valence-corrected chi connectivity index (χ2v) is 5.02. The average molecular weight is 350 g/mol. The Morgan fingerprint density at radius 1 is 1.14 bits per heavy atom. The van der Waals surface area contributed by atoms with Gasteiger partial charge in [-0.15, -0.1) is 0 Å². The number of nitrogens with zero attached hydrogens (tertiary/aromatic N) is 1. The molecule has 7 heteroatoms. The zero-order valence-electron chi connectivity index (χ0n) is 11.1. The SMILES string of the molecule is Cc1ccc(/C=N/NC(=O)C(=O)Nc2ccc(Br)cc2)o1. The second kappa shape index (κ2) is 6.85. The largest absolute Gasteiger partial charge is 0.460 e. The second-order valence-electron chi connectivity index (χ2n) is 4.11. The Morgan fingerprint density at radius 2 is 1.86 bits per heavy atom. The number of hydrogen-bond donors (Lipinski definition) is 2. The molecule has 0 atom stereocenters. The van der Waals surface area contributed by atoms with Crippen LogP contribution in [0.25, 0.3) is 0 Å². The van der Waals surface area contributed by atoms with Crippen molar-refractivity contribution < 1.29 is 14.0 Å². The van der Waals surface area contributed by atoms with Crippen molar-refractivity contribution in [3.8, 4) is 0 Å².